The Morgan fingerprint density at radius 3 is 2.41 bits per heavy atom. The van der Waals surface area contributed by atoms with Crippen molar-refractivity contribution >= 4 is 11.8 Å². The van der Waals surface area contributed by atoms with Gasteiger partial charge < -0.3 is 21.1 Å². The fourth-order valence-electron chi connectivity index (χ4n) is 1.53. The first-order valence-electron chi connectivity index (χ1n) is 5.10. The highest BCUT2D eigenvalue weighted by atomic mass is 16.4. The van der Waals surface area contributed by atoms with E-state index in [2.05, 4.69) is 4.98 Å². The third-order valence-corrected chi connectivity index (χ3v) is 2.44. The molecule has 0 fully saturated rings. The average molecular weight is 240 g/mol. The number of ketones is 1. The van der Waals surface area contributed by atoms with Crippen LogP contribution in [0.2, 0.25) is 0 Å². The number of hydrogen-bond donors (Lipinski definition) is 3. The van der Waals surface area contributed by atoms with Crippen LogP contribution < -0.4 is 11.5 Å². The van der Waals surface area contributed by atoms with Gasteiger partial charge in [-0.2, -0.15) is 0 Å². The number of aromatic nitrogens is 2. The summed E-state index contributed by atoms with van der Waals surface area (Å²) in [5.74, 6) is -2.71. The highest BCUT2D eigenvalue weighted by Gasteiger charge is 2.35. The van der Waals surface area contributed by atoms with Crippen LogP contribution in [0.3, 0.4) is 0 Å². The predicted octanol–water partition coefficient (Wildman–Crippen LogP) is -1.17. The molecule has 0 amide bonds. The Balaban J connectivity index is 3.11. The second-order valence-corrected chi connectivity index (χ2v) is 4.00. The maximum atomic E-state index is 11.9. The van der Waals surface area contributed by atoms with E-state index in [9.17, 15) is 9.59 Å². The summed E-state index contributed by atoms with van der Waals surface area (Å²) in [4.78, 5) is 26.7. The van der Waals surface area contributed by atoms with Crippen molar-refractivity contribution in [3.63, 3.8) is 0 Å². The van der Waals surface area contributed by atoms with Crippen molar-refractivity contribution in [2.45, 2.75) is 24.9 Å². The van der Waals surface area contributed by atoms with E-state index in [-0.39, 0.29) is 0 Å². The number of carboxylic acid groups (broad SMARTS) is 1. The molecule has 0 aliphatic heterocycles. The maximum Gasteiger partial charge on any atom is 0.321 e. The van der Waals surface area contributed by atoms with Crippen LogP contribution in [0.5, 0.6) is 0 Å². The lowest BCUT2D eigenvalue weighted by Crippen LogP contribution is -2.45. The van der Waals surface area contributed by atoms with Crippen LogP contribution in [-0.2, 0) is 16.6 Å². The average Bonchev–Trinajstić information content (AvgIpc) is 2.64. The van der Waals surface area contributed by atoms with Crippen molar-refractivity contribution in [2.75, 3.05) is 0 Å². The Morgan fingerprint density at radius 2 is 2.06 bits per heavy atom. The number of aryl methyl sites for hydroxylation is 1. The van der Waals surface area contributed by atoms with Gasteiger partial charge in [0.05, 0.1) is 24.0 Å². The number of carboxylic acids is 1. The molecule has 1 rings (SSSR count). The molecule has 0 saturated carbocycles. The SMILES string of the molecule is C[C@H](N)C(=O)C(c1cn(C)cn1)[C@H](N)C(=O)O. The number of nitrogens with two attached hydrogens (primary N) is 2. The van der Waals surface area contributed by atoms with Crippen molar-refractivity contribution in [1.29, 1.82) is 0 Å². The fourth-order valence-corrected chi connectivity index (χ4v) is 1.53. The van der Waals surface area contributed by atoms with E-state index < -0.39 is 29.8 Å². The van der Waals surface area contributed by atoms with Crippen LogP contribution in [0.4, 0.5) is 0 Å². The summed E-state index contributed by atoms with van der Waals surface area (Å²) in [6.45, 7) is 1.49. The van der Waals surface area contributed by atoms with Crippen LogP contribution in [-0.4, -0.2) is 38.5 Å². The Kier molecular flexibility index (Phi) is 3.97. The molecule has 0 spiro atoms. The minimum absolute atomic E-state index is 0.324. The van der Waals surface area contributed by atoms with Crippen molar-refractivity contribution in [2.24, 2.45) is 18.5 Å². The van der Waals surface area contributed by atoms with Crippen LogP contribution in [0, 0.1) is 0 Å². The number of carbonyl (C=O) groups excluding carboxylic acids is 1. The molecule has 7 heteroatoms. The minimum Gasteiger partial charge on any atom is -0.480 e. The molecule has 17 heavy (non-hydrogen) atoms. The van der Waals surface area contributed by atoms with Gasteiger partial charge >= 0.3 is 5.97 Å². The lowest BCUT2D eigenvalue weighted by atomic mass is 9.89. The van der Waals surface area contributed by atoms with Crippen LogP contribution in [0.25, 0.3) is 0 Å². The quantitative estimate of drug-likeness (QED) is 0.595. The van der Waals surface area contributed by atoms with E-state index >= 15 is 0 Å². The summed E-state index contributed by atoms with van der Waals surface area (Å²) < 4.78 is 1.62. The molecule has 1 aromatic rings. The first-order chi connectivity index (χ1) is 7.84. The number of nitrogens with zero attached hydrogens (tertiary/aromatic N) is 2. The standard InChI is InChI=1S/C10H16N4O3/c1-5(11)9(15)7(8(12)10(16)17)6-3-14(2)4-13-6/h3-5,7-8H,11-12H2,1-2H3,(H,16,17)/t5-,7?,8-/m0/s1. The summed E-state index contributed by atoms with van der Waals surface area (Å²) in [7, 11) is 1.72. The summed E-state index contributed by atoms with van der Waals surface area (Å²) >= 11 is 0. The van der Waals surface area contributed by atoms with Gasteiger partial charge in [0.1, 0.15) is 6.04 Å². The molecule has 0 aromatic carbocycles. The van der Waals surface area contributed by atoms with Gasteiger partial charge in [-0.25, -0.2) is 4.98 Å². The van der Waals surface area contributed by atoms with Gasteiger partial charge in [0.2, 0.25) is 0 Å². The number of hydrogen-bond acceptors (Lipinski definition) is 5. The molecule has 94 valence electrons. The summed E-state index contributed by atoms with van der Waals surface area (Å²) in [5.41, 5.74) is 11.3. The monoisotopic (exact) mass is 240 g/mol. The van der Waals surface area contributed by atoms with Gasteiger partial charge in [-0.15, -0.1) is 0 Å². The van der Waals surface area contributed by atoms with E-state index in [1.807, 2.05) is 0 Å². The molecule has 1 heterocycles. The Labute approximate surface area is 98.4 Å². The number of Topliss-reactive ketones (excluding diaryl/α,β-unsaturated/α-hetero) is 1. The van der Waals surface area contributed by atoms with Crippen molar-refractivity contribution < 1.29 is 14.7 Å². The van der Waals surface area contributed by atoms with E-state index in [1.54, 1.807) is 17.8 Å². The summed E-state index contributed by atoms with van der Waals surface area (Å²) in [5, 5.41) is 8.90. The van der Waals surface area contributed by atoms with E-state index in [0.29, 0.717) is 5.69 Å². The third-order valence-electron chi connectivity index (χ3n) is 2.44. The lowest BCUT2D eigenvalue weighted by molar-refractivity contribution is -0.141. The second-order valence-electron chi connectivity index (χ2n) is 4.00. The van der Waals surface area contributed by atoms with Gasteiger partial charge in [-0.3, -0.25) is 9.59 Å². The normalized spacial score (nSPS) is 16.2. The van der Waals surface area contributed by atoms with Crippen molar-refractivity contribution in [3.8, 4) is 0 Å². The molecular weight excluding hydrogens is 224 g/mol. The van der Waals surface area contributed by atoms with Crippen LogP contribution in [0.1, 0.15) is 18.5 Å². The molecular formula is C10H16N4O3. The molecule has 1 unspecified atom stereocenters. The third kappa shape index (κ3) is 2.89. The fraction of sp³-hybridized carbons (Fsp3) is 0.500. The highest BCUT2D eigenvalue weighted by molar-refractivity contribution is 5.94. The molecule has 0 radical (unpaired) electrons. The number of imidazole rings is 1. The number of aliphatic carboxylic acids is 1. The van der Waals surface area contributed by atoms with Crippen LogP contribution in [0.15, 0.2) is 12.5 Å². The zero-order valence-electron chi connectivity index (χ0n) is 9.70. The molecule has 0 aliphatic rings. The number of rotatable bonds is 5. The largest absolute Gasteiger partial charge is 0.480 e. The van der Waals surface area contributed by atoms with E-state index in [0.717, 1.165) is 0 Å². The lowest BCUT2D eigenvalue weighted by Gasteiger charge is -2.19. The minimum atomic E-state index is -1.34. The topological polar surface area (TPSA) is 124 Å². The molecule has 0 aliphatic carbocycles. The van der Waals surface area contributed by atoms with Gasteiger partial charge in [-0.05, 0) is 6.92 Å². The molecule has 3 atom stereocenters. The highest BCUT2D eigenvalue weighted by Crippen LogP contribution is 2.19. The Hall–Kier alpha value is -1.73. The Morgan fingerprint density at radius 1 is 1.47 bits per heavy atom. The van der Waals surface area contributed by atoms with Gasteiger partial charge in [-0.1, -0.05) is 0 Å². The zero-order chi connectivity index (χ0) is 13.2. The molecule has 1 aromatic heterocycles. The first-order valence-corrected chi connectivity index (χ1v) is 5.10. The first kappa shape index (κ1) is 13.3. The summed E-state index contributed by atoms with van der Waals surface area (Å²) in [6, 6.07) is -2.13. The van der Waals surface area contributed by atoms with E-state index in [4.69, 9.17) is 16.6 Å². The predicted molar refractivity (Wildman–Crippen MR) is 60.2 cm³/mol. The number of carbonyl (C=O) groups is 2. The molecule has 5 N–H and O–H groups in total. The molecule has 0 saturated heterocycles. The summed E-state index contributed by atoms with van der Waals surface area (Å²) in [6.07, 6.45) is 3.04. The van der Waals surface area contributed by atoms with Gasteiger partial charge in [0.15, 0.2) is 5.78 Å². The van der Waals surface area contributed by atoms with Gasteiger partial charge in [0.25, 0.3) is 0 Å². The molecule has 0 bridgehead atoms. The van der Waals surface area contributed by atoms with E-state index in [1.165, 1.54) is 13.3 Å². The van der Waals surface area contributed by atoms with Crippen LogP contribution >= 0.6 is 0 Å². The van der Waals surface area contributed by atoms with Gasteiger partial charge in [0, 0.05) is 13.2 Å². The van der Waals surface area contributed by atoms with Crippen molar-refractivity contribution in [1.82, 2.24) is 9.55 Å². The maximum absolute atomic E-state index is 11.9. The smallest absolute Gasteiger partial charge is 0.321 e. The van der Waals surface area contributed by atoms with Crippen molar-refractivity contribution in [3.05, 3.63) is 18.2 Å². The Bertz CT molecular complexity index is 427. The molecule has 7 nitrogen and oxygen atoms in total. The zero-order valence-corrected chi connectivity index (χ0v) is 9.70. The second kappa shape index (κ2) is 5.07.